The summed E-state index contributed by atoms with van der Waals surface area (Å²) in [4.78, 5) is 20.4. The Kier molecular flexibility index (Phi) is 6.65. The van der Waals surface area contributed by atoms with Crippen molar-refractivity contribution in [1.29, 1.82) is 0 Å². The number of aromatic amines is 1. The molecule has 0 spiro atoms. The van der Waals surface area contributed by atoms with Crippen LogP contribution in [-0.2, 0) is 6.42 Å². The number of halogens is 2. The van der Waals surface area contributed by atoms with Gasteiger partial charge in [0.2, 0.25) is 5.95 Å². The van der Waals surface area contributed by atoms with E-state index in [-0.39, 0.29) is 29.8 Å². The van der Waals surface area contributed by atoms with E-state index in [0.29, 0.717) is 12.5 Å². The lowest BCUT2D eigenvalue weighted by molar-refractivity contribution is 0.378. The van der Waals surface area contributed by atoms with Gasteiger partial charge < -0.3 is 20.5 Å². The molecule has 0 bridgehead atoms. The zero-order chi connectivity index (χ0) is 18.6. The minimum absolute atomic E-state index is 0. The molecule has 7 nitrogen and oxygen atoms in total. The zero-order valence-electron chi connectivity index (χ0n) is 15.4. The van der Waals surface area contributed by atoms with E-state index in [4.69, 9.17) is 5.73 Å². The summed E-state index contributed by atoms with van der Waals surface area (Å²) >= 11 is 0. The second kappa shape index (κ2) is 9.18. The van der Waals surface area contributed by atoms with E-state index in [1.807, 2.05) is 12.3 Å². The van der Waals surface area contributed by atoms with Crippen LogP contribution in [0.2, 0.25) is 0 Å². The summed E-state index contributed by atoms with van der Waals surface area (Å²) in [5.41, 5.74) is 8.10. The average molecular weight is 495 g/mol. The summed E-state index contributed by atoms with van der Waals surface area (Å²) in [5.74, 6) is 1.08. The molecule has 3 heterocycles. The predicted molar refractivity (Wildman–Crippen MR) is 120 cm³/mol. The molecular weight excluding hydrogens is 472 g/mol. The number of hydrogen-bond donors (Lipinski definition) is 2. The van der Waals surface area contributed by atoms with Crippen LogP contribution in [0.4, 0.5) is 10.3 Å². The van der Waals surface area contributed by atoms with Gasteiger partial charge in [0.15, 0.2) is 5.96 Å². The minimum atomic E-state index is -0.238. The molecule has 0 unspecified atom stereocenters. The van der Waals surface area contributed by atoms with Crippen molar-refractivity contribution in [1.82, 2.24) is 19.9 Å². The fourth-order valence-electron chi connectivity index (χ4n) is 3.35. The maximum Gasteiger partial charge on any atom is 0.225 e. The molecule has 1 aliphatic rings. The molecule has 28 heavy (non-hydrogen) atoms. The first-order valence-corrected chi connectivity index (χ1v) is 9.03. The average Bonchev–Trinajstić information content (AvgIpc) is 3.10. The first kappa shape index (κ1) is 20.3. The molecule has 0 amide bonds. The maximum absolute atomic E-state index is 13.3. The third kappa shape index (κ3) is 4.51. The highest BCUT2D eigenvalue weighted by Crippen LogP contribution is 2.19. The quantitative estimate of drug-likeness (QED) is 0.330. The van der Waals surface area contributed by atoms with Crippen LogP contribution < -0.4 is 10.6 Å². The van der Waals surface area contributed by atoms with Gasteiger partial charge in [0.05, 0.1) is 0 Å². The number of nitrogens with two attached hydrogens (primary N) is 1. The van der Waals surface area contributed by atoms with Crippen LogP contribution in [0, 0.1) is 5.82 Å². The summed E-state index contributed by atoms with van der Waals surface area (Å²) in [6, 6.07) is 6.60. The van der Waals surface area contributed by atoms with Crippen molar-refractivity contribution in [2.24, 2.45) is 10.7 Å². The molecule has 9 heteroatoms. The van der Waals surface area contributed by atoms with Gasteiger partial charge in [0, 0.05) is 62.2 Å². The summed E-state index contributed by atoms with van der Waals surface area (Å²) in [7, 11) is 0. The van der Waals surface area contributed by atoms with E-state index in [9.17, 15) is 4.39 Å². The molecule has 1 fully saturated rings. The van der Waals surface area contributed by atoms with E-state index < -0.39 is 0 Å². The fourth-order valence-corrected chi connectivity index (χ4v) is 3.35. The first-order valence-electron chi connectivity index (χ1n) is 9.03. The lowest BCUT2D eigenvalue weighted by Crippen LogP contribution is -2.51. The van der Waals surface area contributed by atoms with Gasteiger partial charge in [0.25, 0.3) is 0 Å². The van der Waals surface area contributed by atoms with E-state index in [1.54, 1.807) is 18.5 Å². The second-order valence-electron chi connectivity index (χ2n) is 6.52. The van der Waals surface area contributed by atoms with Crippen LogP contribution in [0.15, 0.2) is 47.8 Å². The molecule has 3 aromatic rings. The molecule has 1 aromatic carbocycles. The smallest absolute Gasteiger partial charge is 0.225 e. The highest BCUT2D eigenvalue weighted by Gasteiger charge is 2.19. The predicted octanol–water partition coefficient (Wildman–Crippen LogP) is 2.39. The number of fused-ring (bicyclic) bond motifs is 1. The highest BCUT2D eigenvalue weighted by atomic mass is 127. The molecule has 0 atom stereocenters. The summed E-state index contributed by atoms with van der Waals surface area (Å²) in [6.45, 7) is 3.81. The van der Waals surface area contributed by atoms with Crippen LogP contribution in [0.25, 0.3) is 10.9 Å². The third-order valence-electron chi connectivity index (χ3n) is 4.82. The van der Waals surface area contributed by atoms with Gasteiger partial charge in [-0.05, 0) is 36.2 Å². The van der Waals surface area contributed by atoms with E-state index in [1.165, 1.54) is 12.1 Å². The Hall–Kier alpha value is -2.43. The van der Waals surface area contributed by atoms with Crippen molar-refractivity contribution in [2.75, 3.05) is 37.6 Å². The standard InChI is InChI=1S/C19H22FN7.HI/c20-15-2-3-16-14(13-25-17(16)12-15)4-7-22-18(21)26-8-10-27(11-9-26)19-23-5-1-6-24-19;/h1-3,5-6,12-13,25H,4,7-11H2,(H2,21,22);1H. The summed E-state index contributed by atoms with van der Waals surface area (Å²) in [5, 5.41) is 1.03. The molecule has 2 aromatic heterocycles. The lowest BCUT2D eigenvalue weighted by atomic mass is 10.1. The number of aliphatic imine (C=N–C) groups is 1. The molecule has 0 saturated carbocycles. The molecule has 3 N–H and O–H groups in total. The molecule has 0 aliphatic carbocycles. The molecule has 4 rings (SSSR count). The molecule has 1 saturated heterocycles. The Morgan fingerprint density at radius 2 is 1.93 bits per heavy atom. The molecular formula is C19H23FIN7. The summed E-state index contributed by atoms with van der Waals surface area (Å²) in [6.07, 6.45) is 6.17. The number of hydrogen-bond acceptors (Lipinski definition) is 4. The van der Waals surface area contributed by atoms with E-state index in [2.05, 4.69) is 29.7 Å². The molecule has 148 valence electrons. The van der Waals surface area contributed by atoms with Crippen molar-refractivity contribution >= 4 is 46.8 Å². The van der Waals surface area contributed by atoms with E-state index in [0.717, 1.165) is 55.0 Å². The van der Waals surface area contributed by atoms with Gasteiger partial charge >= 0.3 is 0 Å². The van der Waals surface area contributed by atoms with Gasteiger partial charge in [0.1, 0.15) is 5.82 Å². The Labute approximate surface area is 179 Å². The van der Waals surface area contributed by atoms with Gasteiger partial charge in [-0.3, -0.25) is 4.99 Å². The van der Waals surface area contributed by atoms with Crippen molar-refractivity contribution in [3.63, 3.8) is 0 Å². The van der Waals surface area contributed by atoms with Crippen LogP contribution in [0.5, 0.6) is 0 Å². The third-order valence-corrected chi connectivity index (χ3v) is 4.82. The Morgan fingerprint density at radius 3 is 2.68 bits per heavy atom. The van der Waals surface area contributed by atoms with Crippen molar-refractivity contribution in [3.05, 3.63) is 54.2 Å². The number of nitrogens with zero attached hydrogens (tertiary/aromatic N) is 5. The fraction of sp³-hybridized carbons (Fsp3) is 0.316. The number of anilines is 1. The normalized spacial score (nSPS) is 15.0. The maximum atomic E-state index is 13.3. The first-order chi connectivity index (χ1) is 13.2. The van der Waals surface area contributed by atoms with E-state index >= 15 is 0 Å². The van der Waals surface area contributed by atoms with Crippen LogP contribution in [0.1, 0.15) is 5.56 Å². The highest BCUT2D eigenvalue weighted by molar-refractivity contribution is 14.0. The number of rotatable bonds is 4. The zero-order valence-corrected chi connectivity index (χ0v) is 17.7. The van der Waals surface area contributed by atoms with Gasteiger partial charge in [-0.2, -0.15) is 0 Å². The monoisotopic (exact) mass is 495 g/mol. The van der Waals surface area contributed by atoms with Crippen LogP contribution >= 0.6 is 24.0 Å². The second-order valence-corrected chi connectivity index (χ2v) is 6.52. The number of nitrogens with one attached hydrogen (secondary N) is 1. The Balaban J connectivity index is 0.00000225. The number of guanidine groups is 1. The Bertz CT molecular complexity index is 936. The molecule has 1 aliphatic heterocycles. The lowest BCUT2D eigenvalue weighted by Gasteiger charge is -2.35. The van der Waals surface area contributed by atoms with Crippen LogP contribution in [0.3, 0.4) is 0 Å². The SMILES string of the molecule is I.NC(=NCCc1c[nH]c2cc(F)ccc12)N1CCN(c2ncccn2)CC1. The molecule has 0 radical (unpaired) electrons. The van der Waals surface area contributed by atoms with Crippen LogP contribution in [-0.4, -0.2) is 58.5 Å². The minimum Gasteiger partial charge on any atom is -0.370 e. The van der Waals surface area contributed by atoms with Gasteiger partial charge in [-0.15, -0.1) is 24.0 Å². The van der Waals surface area contributed by atoms with Crippen molar-refractivity contribution in [2.45, 2.75) is 6.42 Å². The summed E-state index contributed by atoms with van der Waals surface area (Å²) < 4.78 is 13.3. The number of benzene rings is 1. The number of aromatic nitrogens is 3. The topological polar surface area (TPSA) is 86.4 Å². The van der Waals surface area contributed by atoms with Gasteiger partial charge in [-0.1, -0.05) is 0 Å². The Morgan fingerprint density at radius 1 is 1.18 bits per heavy atom. The number of piperazine rings is 1. The largest absolute Gasteiger partial charge is 0.370 e. The number of H-pyrrole nitrogens is 1. The van der Waals surface area contributed by atoms with Gasteiger partial charge in [-0.25, -0.2) is 14.4 Å². The van der Waals surface area contributed by atoms with Crippen molar-refractivity contribution < 1.29 is 4.39 Å². The van der Waals surface area contributed by atoms with Crippen molar-refractivity contribution in [3.8, 4) is 0 Å².